The van der Waals surface area contributed by atoms with E-state index in [9.17, 15) is 14.0 Å². The average molecular weight is 363 g/mol. The summed E-state index contributed by atoms with van der Waals surface area (Å²) in [6, 6.07) is 4.31. The van der Waals surface area contributed by atoms with E-state index in [2.05, 4.69) is 10.3 Å². The van der Waals surface area contributed by atoms with Gasteiger partial charge in [0.1, 0.15) is 11.4 Å². The van der Waals surface area contributed by atoms with E-state index in [1.165, 1.54) is 34.7 Å². The number of hydrogen-bond donors (Lipinski definition) is 1. The number of carbonyl (C=O) groups excluding carboxylic acids is 1. The molecule has 8 heteroatoms. The molecular formula is C16H14FN3O2S2. The van der Waals surface area contributed by atoms with Crippen molar-refractivity contribution in [2.75, 3.05) is 11.5 Å². The van der Waals surface area contributed by atoms with Gasteiger partial charge in [0.05, 0.1) is 6.04 Å². The summed E-state index contributed by atoms with van der Waals surface area (Å²) in [6.45, 7) is 0.571. The SMILES string of the molecule is O=C(NC1CCSc2ccc(F)cc21)c1cnc2n(c1=O)CCS2. The van der Waals surface area contributed by atoms with Crippen molar-refractivity contribution in [3.8, 4) is 0 Å². The lowest BCUT2D eigenvalue weighted by Crippen LogP contribution is -2.36. The molecule has 0 fully saturated rings. The van der Waals surface area contributed by atoms with E-state index >= 15 is 0 Å². The maximum atomic E-state index is 13.6. The standard InChI is InChI=1S/C16H14FN3O2S2/c17-9-1-2-13-10(7-9)12(3-5-23-13)19-14(21)11-8-18-16-20(15(11)22)4-6-24-16/h1-2,7-8,12H,3-6H2,(H,19,21). The number of benzene rings is 1. The molecular weight excluding hydrogens is 349 g/mol. The fourth-order valence-corrected chi connectivity index (χ4v) is 4.94. The van der Waals surface area contributed by atoms with Gasteiger partial charge in [-0.15, -0.1) is 11.8 Å². The van der Waals surface area contributed by atoms with Crippen molar-refractivity contribution >= 4 is 29.4 Å². The van der Waals surface area contributed by atoms with Crippen LogP contribution in [0.3, 0.4) is 0 Å². The van der Waals surface area contributed by atoms with Crippen LogP contribution in [0, 0.1) is 5.82 Å². The Bertz CT molecular complexity index is 884. The Morgan fingerprint density at radius 2 is 2.21 bits per heavy atom. The number of nitrogens with zero attached hydrogens (tertiary/aromatic N) is 2. The highest BCUT2D eigenvalue weighted by molar-refractivity contribution is 7.99. The highest BCUT2D eigenvalue weighted by Gasteiger charge is 2.26. The van der Waals surface area contributed by atoms with Crippen LogP contribution in [0.2, 0.25) is 0 Å². The van der Waals surface area contributed by atoms with Gasteiger partial charge in [0.25, 0.3) is 11.5 Å². The third-order valence-electron chi connectivity index (χ3n) is 4.12. The fourth-order valence-electron chi connectivity index (χ4n) is 2.92. The number of fused-ring (bicyclic) bond motifs is 2. The summed E-state index contributed by atoms with van der Waals surface area (Å²) in [5.74, 6) is 0.847. The Hall–Kier alpha value is -1.80. The molecule has 2 aliphatic heterocycles. The normalized spacial score (nSPS) is 18.8. The molecule has 0 saturated heterocycles. The number of aromatic nitrogens is 2. The molecule has 1 N–H and O–H groups in total. The van der Waals surface area contributed by atoms with E-state index in [0.717, 1.165) is 22.0 Å². The van der Waals surface area contributed by atoms with Gasteiger partial charge in [-0.3, -0.25) is 14.2 Å². The topological polar surface area (TPSA) is 64.0 Å². The summed E-state index contributed by atoms with van der Waals surface area (Å²) in [5, 5.41) is 3.52. The Kier molecular flexibility index (Phi) is 4.09. The predicted molar refractivity (Wildman–Crippen MR) is 91.2 cm³/mol. The van der Waals surface area contributed by atoms with Crippen LogP contribution in [-0.4, -0.2) is 27.0 Å². The molecule has 5 nitrogen and oxygen atoms in total. The highest BCUT2D eigenvalue weighted by Crippen LogP contribution is 2.36. The highest BCUT2D eigenvalue weighted by atomic mass is 32.2. The summed E-state index contributed by atoms with van der Waals surface area (Å²) in [6.07, 6.45) is 2.04. The van der Waals surface area contributed by atoms with Gasteiger partial charge in [-0.05, 0) is 30.2 Å². The summed E-state index contributed by atoms with van der Waals surface area (Å²) in [7, 11) is 0. The van der Waals surface area contributed by atoms with Crippen LogP contribution < -0.4 is 10.9 Å². The minimum Gasteiger partial charge on any atom is -0.345 e. The van der Waals surface area contributed by atoms with E-state index in [4.69, 9.17) is 0 Å². The first-order valence-electron chi connectivity index (χ1n) is 7.59. The summed E-state index contributed by atoms with van der Waals surface area (Å²) in [4.78, 5) is 30.1. The minimum absolute atomic E-state index is 0.0393. The van der Waals surface area contributed by atoms with Crippen LogP contribution in [0.5, 0.6) is 0 Å². The number of thioether (sulfide) groups is 2. The van der Waals surface area contributed by atoms with Gasteiger partial charge >= 0.3 is 0 Å². The number of nitrogens with one attached hydrogen (secondary N) is 1. The van der Waals surface area contributed by atoms with Crippen molar-refractivity contribution < 1.29 is 9.18 Å². The molecule has 1 aromatic carbocycles. The van der Waals surface area contributed by atoms with Crippen LogP contribution in [0.15, 0.2) is 39.2 Å². The second-order valence-corrected chi connectivity index (χ2v) is 7.80. The average Bonchev–Trinajstić information content (AvgIpc) is 3.05. The van der Waals surface area contributed by atoms with Crippen LogP contribution in [-0.2, 0) is 6.54 Å². The smallest absolute Gasteiger partial charge is 0.267 e. The monoisotopic (exact) mass is 363 g/mol. The lowest BCUT2D eigenvalue weighted by Gasteiger charge is -2.26. The van der Waals surface area contributed by atoms with Crippen molar-refractivity contribution in [2.45, 2.75) is 29.1 Å². The van der Waals surface area contributed by atoms with Crippen molar-refractivity contribution in [1.82, 2.24) is 14.9 Å². The Balaban J connectivity index is 1.62. The van der Waals surface area contributed by atoms with Crippen LogP contribution in [0.25, 0.3) is 0 Å². The molecule has 0 spiro atoms. The molecule has 1 amide bonds. The molecule has 3 heterocycles. The number of hydrogen-bond acceptors (Lipinski definition) is 5. The first-order valence-corrected chi connectivity index (χ1v) is 9.56. The quantitative estimate of drug-likeness (QED) is 0.831. The first-order chi connectivity index (χ1) is 11.6. The second-order valence-electron chi connectivity index (χ2n) is 5.61. The maximum absolute atomic E-state index is 13.6. The Morgan fingerprint density at radius 3 is 3.08 bits per heavy atom. The molecule has 1 aromatic heterocycles. The molecule has 2 aliphatic rings. The largest absolute Gasteiger partial charge is 0.345 e. The molecule has 124 valence electrons. The number of rotatable bonds is 2. The predicted octanol–water partition coefficient (Wildman–Crippen LogP) is 2.46. The minimum atomic E-state index is -0.452. The Labute approximate surface area is 146 Å². The number of amides is 1. The molecule has 0 radical (unpaired) electrons. The summed E-state index contributed by atoms with van der Waals surface area (Å²) >= 11 is 3.15. The third kappa shape index (κ3) is 2.73. The third-order valence-corrected chi connectivity index (χ3v) is 6.21. The molecule has 1 unspecified atom stereocenters. The van der Waals surface area contributed by atoms with Crippen molar-refractivity contribution in [3.05, 3.63) is 51.7 Å². The molecule has 1 atom stereocenters. The van der Waals surface area contributed by atoms with Crippen LogP contribution >= 0.6 is 23.5 Å². The number of halogens is 1. The van der Waals surface area contributed by atoms with E-state index in [1.54, 1.807) is 17.8 Å². The number of carbonyl (C=O) groups is 1. The molecule has 4 rings (SSSR count). The fraction of sp³-hybridized carbons (Fsp3) is 0.312. The van der Waals surface area contributed by atoms with Crippen LogP contribution in [0.4, 0.5) is 4.39 Å². The van der Waals surface area contributed by atoms with Gasteiger partial charge in [-0.25, -0.2) is 9.37 Å². The van der Waals surface area contributed by atoms with Crippen molar-refractivity contribution in [2.24, 2.45) is 0 Å². The van der Waals surface area contributed by atoms with Gasteiger partial charge < -0.3 is 5.32 Å². The van der Waals surface area contributed by atoms with Crippen molar-refractivity contribution in [3.63, 3.8) is 0 Å². The molecule has 0 aliphatic carbocycles. The molecule has 2 aromatic rings. The second kappa shape index (κ2) is 6.25. The van der Waals surface area contributed by atoms with Gasteiger partial charge in [-0.2, -0.15) is 0 Å². The summed E-state index contributed by atoms with van der Waals surface area (Å²) in [5.41, 5.74) is 0.494. The first kappa shape index (κ1) is 15.7. The Morgan fingerprint density at radius 1 is 1.33 bits per heavy atom. The van der Waals surface area contributed by atoms with E-state index in [1.807, 2.05) is 0 Å². The van der Waals surface area contributed by atoms with E-state index in [0.29, 0.717) is 18.1 Å². The zero-order valence-electron chi connectivity index (χ0n) is 12.6. The zero-order valence-corrected chi connectivity index (χ0v) is 14.3. The zero-order chi connectivity index (χ0) is 16.7. The summed E-state index contributed by atoms with van der Waals surface area (Å²) < 4.78 is 15.1. The van der Waals surface area contributed by atoms with Gasteiger partial charge in [-0.1, -0.05) is 11.8 Å². The van der Waals surface area contributed by atoms with Gasteiger partial charge in [0.2, 0.25) is 0 Å². The van der Waals surface area contributed by atoms with Gasteiger partial charge in [0, 0.05) is 29.1 Å². The van der Waals surface area contributed by atoms with Gasteiger partial charge in [0.15, 0.2) is 5.16 Å². The molecule has 0 saturated carbocycles. The van der Waals surface area contributed by atoms with E-state index < -0.39 is 5.91 Å². The maximum Gasteiger partial charge on any atom is 0.267 e. The lowest BCUT2D eigenvalue weighted by atomic mass is 10.0. The molecule has 0 bridgehead atoms. The van der Waals surface area contributed by atoms with E-state index in [-0.39, 0.29) is 23.0 Å². The van der Waals surface area contributed by atoms with Crippen LogP contribution in [0.1, 0.15) is 28.4 Å². The van der Waals surface area contributed by atoms with Crippen molar-refractivity contribution in [1.29, 1.82) is 0 Å². The molecule has 24 heavy (non-hydrogen) atoms. The lowest BCUT2D eigenvalue weighted by molar-refractivity contribution is 0.0932.